The van der Waals surface area contributed by atoms with Gasteiger partial charge < -0.3 is 10.4 Å². The molecule has 0 fully saturated rings. The van der Waals surface area contributed by atoms with Crippen molar-refractivity contribution >= 4 is 16.5 Å². The minimum absolute atomic E-state index is 0.567. The van der Waals surface area contributed by atoms with E-state index in [0.717, 1.165) is 30.1 Å². The molecule has 1 rings (SSSR count). The molecular weight excluding hydrogens is 208 g/mol. The molecule has 1 unspecified atom stereocenters. The highest BCUT2D eigenvalue weighted by molar-refractivity contribution is 7.13. The minimum atomic E-state index is -0.632. The van der Waals surface area contributed by atoms with Crippen molar-refractivity contribution in [3.8, 4) is 0 Å². The maximum atomic E-state index is 9.95. The van der Waals surface area contributed by atoms with Gasteiger partial charge in [0.05, 0.1) is 11.3 Å². The first kappa shape index (κ1) is 12.5. The van der Waals surface area contributed by atoms with Crippen LogP contribution in [0.25, 0.3) is 0 Å². The first-order valence-electron chi connectivity index (χ1n) is 5.48. The summed E-state index contributed by atoms with van der Waals surface area (Å²) in [6.45, 7) is 6.59. The van der Waals surface area contributed by atoms with E-state index in [1.165, 1.54) is 0 Å². The number of nitrogens with one attached hydrogen (secondary N) is 1. The summed E-state index contributed by atoms with van der Waals surface area (Å²) >= 11 is 1.60. The predicted molar refractivity (Wildman–Crippen MR) is 65.5 cm³/mol. The summed E-state index contributed by atoms with van der Waals surface area (Å²) in [6, 6.07) is 0. The van der Waals surface area contributed by atoms with Crippen LogP contribution in [-0.4, -0.2) is 22.2 Å². The van der Waals surface area contributed by atoms with Gasteiger partial charge in [0.1, 0.15) is 0 Å². The van der Waals surface area contributed by atoms with Crippen molar-refractivity contribution in [2.45, 2.75) is 45.6 Å². The summed E-state index contributed by atoms with van der Waals surface area (Å²) < 4.78 is 0. The molecule has 86 valence electrons. The zero-order chi connectivity index (χ0) is 11.3. The Morgan fingerprint density at radius 2 is 2.27 bits per heavy atom. The number of thiazole rings is 1. The summed E-state index contributed by atoms with van der Waals surface area (Å²) in [4.78, 5) is 4.39. The van der Waals surface area contributed by atoms with Gasteiger partial charge in [0.2, 0.25) is 0 Å². The third-order valence-electron chi connectivity index (χ3n) is 2.32. The average molecular weight is 228 g/mol. The molecule has 3 nitrogen and oxygen atoms in total. The summed E-state index contributed by atoms with van der Waals surface area (Å²) in [6.07, 6.45) is 2.77. The molecule has 0 saturated carbocycles. The van der Waals surface area contributed by atoms with E-state index in [0.29, 0.717) is 6.54 Å². The lowest BCUT2D eigenvalue weighted by Gasteiger charge is -2.22. The van der Waals surface area contributed by atoms with E-state index in [2.05, 4.69) is 29.5 Å². The fourth-order valence-corrected chi connectivity index (χ4v) is 2.24. The van der Waals surface area contributed by atoms with Crippen LogP contribution in [0.15, 0.2) is 5.38 Å². The van der Waals surface area contributed by atoms with Gasteiger partial charge >= 0.3 is 0 Å². The topological polar surface area (TPSA) is 45.1 Å². The number of hydrogen-bond donors (Lipinski definition) is 2. The number of aliphatic hydroxyl groups is 1. The standard InChI is InChI=1S/C11H20N2OS/c1-4-6-11(3,14)8-12-10-13-9(5-2)7-15-10/h7,14H,4-6,8H2,1-3H3,(H,12,13). The van der Waals surface area contributed by atoms with Gasteiger partial charge in [0, 0.05) is 11.9 Å². The largest absolute Gasteiger partial charge is 0.388 e. The summed E-state index contributed by atoms with van der Waals surface area (Å²) in [5.74, 6) is 0. The third kappa shape index (κ3) is 4.18. The highest BCUT2D eigenvalue weighted by Crippen LogP contribution is 2.18. The number of anilines is 1. The zero-order valence-electron chi connectivity index (χ0n) is 9.71. The molecule has 15 heavy (non-hydrogen) atoms. The van der Waals surface area contributed by atoms with Crippen LogP contribution >= 0.6 is 11.3 Å². The second kappa shape index (κ2) is 5.47. The van der Waals surface area contributed by atoms with Gasteiger partial charge in [-0.05, 0) is 19.8 Å². The Labute approximate surface area is 95.6 Å². The van der Waals surface area contributed by atoms with Crippen molar-refractivity contribution in [1.82, 2.24) is 4.98 Å². The maximum Gasteiger partial charge on any atom is 0.182 e. The Morgan fingerprint density at radius 3 is 2.80 bits per heavy atom. The van der Waals surface area contributed by atoms with Gasteiger partial charge in [0.15, 0.2) is 5.13 Å². The number of aromatic nitrogens is 1. The maximum absolute atomic E-state index is 9.95. The lowest BCUT2D eigenvalue weighted by Crippen LogP contribution is -2.33. The minimum Gasteiger partial charge on any atom is -0.388 e. The van der Waals surface area contributed by atoms with Crippen LogP contribution in [0, 0.1) is 0 Å². The number of rotatable bonds is 6. The van der Waals surface area contributed by atoms with E-state index in [9.17, 15) is 5.11 Å². The first-order chi connectivity index (χ1) is 7.07. The molecule has 0 aliphatic heterocycles. The molecule has 2 N–H and O–H groups in total. The SMILES string of the molecule is CCCC(C)(O)CNc1nc(CC)cs1. The van der Waals surface area contributed by atoms with Crippen LogP contribution in [0.3, 0.4) is 0 Å². The fourth-order valence-electron chi connectivity index (χ4n) is 1.44. The number of aryl methyl sites for hydroxylation is 1. The highest BCUT2D eigenvalue weighted by atomic mass is 32.1. The van der Waals surface area contributed by atoms with Crippen LogP contribution in [0.5, 0.6) is 0 Å². The van der Waals surface area contributed by atoms with Crippen LogP contribution in [0.1, 0.15) is 39.3 Å². The van der Waals surface area contributed by atoms with Gasteiger partial charge in [0.25, 0.3) is 0 Å². The van der Waals surface area contributed by atoms with Gasteiger partial charge in [-0.2, -0.15) is 0 Å². The normalized spacial score (nSPS) is 14.9. The van der Waals surface area contributed by atoms with Gasteiger partial charge in [-0.15, -0.1) is 11.3 Å². The fraction of sp³-hybridized carbons (Fsp3) is 0.727. The van der Waals surface area contributed by atoms with Crippen molar-refractivity contribution in [3.63, 3.8) is 0 Å². The van der Waals surface area contributed by atoms with Crippen LogP contribution < -0.4 is 5.32 Å². The van der Waals surface area contributed by atoms with Crippen molar-refractivity contribution in [2.75, 3.05) is 11.9 Å². The van der Waals surface area contributed by atoms with E-state index in [1.54, 1.807) is 11.3 Å². The lowest BCUT2D eigenvalue weighted by molar-refractivity contribution is 0.0637. The summed E-state index contributed by atoms with van der Waals surface area (Å²) in [5.41, 5.74) is 0.477. The molecule has 0 bridgehead atoms. The molecule has 0 saturated heterocycles. The molecule has 0 aliphatic carbocycles. The van der Waals surface area contributed by atoms with Gasteiger partial charge in [-0.25, -0.2) is 4.98 Å². The molecule has 1 atom stereocenters. The smallest absolute Gasteiger partial charge is 0.182 e. The molecule has 0 aliphatic rings. The molecule has 1 aromatic rings. The van der Waals surface area contributed by atoms with Gasteiger partial charge in [-0.1, -0.05) is 20.3 Å². The quantitative estimate of drug-likeness (QED) is 0.787. The number of nitrogens with zero attached hydrogens (tertiary/aromatic N) is 1. The highest BCUT2D eigenvalue weighted by Gasteiger charge is 2.18. The van der Waals surface area contributed by atoms with E-state index in [4.69, 9.17) is 0 Å². The number of hydrogen-bond acceptors (Lipinski definition) is 4. The molecule has 1 heterocycles. The molecule has 0 aromatic carbocycles. The van der Waals surface area contributed by atoms with Crippen molar-refractivity contribution in [2.24, 2.45) is 0 Å². The third-order valence-corrected chi connectivity index (χ3v) is 3.17. The molecular formula is C11H20N2OS. The molecule has 0 spiro atoms. The summed E-state index contributed by atoms with van der Waals surface area (Å²) in [7, 11) is 0. The predicted octanol–water partition coefficient (Wildman–Crippen LogP) is 2.67. The summed E-state index contributed by atoms with van der Waals surface area (Å²) in [5, 5.41) is 16.1. The Balaban J connectivity index is 2.42. The zero-order valence-corrected chi connectivity index (χ0v) is 10.5. The molecule has 4 heteroatoms. The average Bonchev–Trinajstić information content (AvgIpc) is 2.62. The Kier molecular flexibility index (Phi) is 4.54. The first-order valence-corrected chi connectivity index (χ1v) is 6.36. The Morgan fingerprint density at radius 1 is 1.53 bits per heavy atom. The van der Waals surface area contributed by atoms with E-state index in [-0.39, 0.29) is 0 Å². The van der Waals surface area contributed by atoms with Crippen molar-refractivity contribution < 1.29 is 5.11 Å². The Bertz CT molecular complexity index is 297. The second-order valence-corrected chi connectivity index (χ2v) is 4.96. The lowest BCUT2D eigenvalue weighted by atomic mass is 10.0. The van der Waals surface area contributed by atoms with Crippen molar-refractivity contribution in [1.29, 1.82) is 0 Å². The van der Waals surface area contributed by atoms with Crippen LogP contribution in [0.4, 0.5) is 5.13 Å². The van der Waals surface area contributed by atoms with E-state index >= 15 is 0 Å². The van der Waals surface area contributed by atoms with Crippen molar-refractivity contribution in [3.05, 3.63) is 11.1 Å². The van der Waals surface area contributed by atoms with E-state index in [1.807, 2.05) is 6.92 Å². The molecule has 1 aromatic heterocycles. The van der Waals surface area contributed by atoms with Gasteiger partial charge in [-0.3, -0.25) is 0 Å². The van der Waals surface area contributed by atoms with Crippen LogP contribution in [-0.2, 0) is 6.42 Å². The van der Waals surface area contributed by atoms with Crippen LogP contribution in [0.2, 0.25) is 0 Å². The monoisotopic (exact) mass is 228 g/mol. The second-order valence-electron chi connectivity index (χ2n) is 4.10. The molecule has 0 amide bonds. The van der Waals surface area contributed by atoms with E-state index < -0.39 is 5.60 Å². The molecule has 0 radical (unpaired) electrons. The Hall–Kier alpha value is -0.610.